The summed E-state index contributed by atoms with van der Waals surface area (Å²) in [5.41, 5.74) is 0.901. The quantitative estimate of drug-likeness (QED) is 0.814. The van der Waals surface area contributed by atoms with Gasteiger partial charge in [0.15, 0.2) is 0 Å². The van der Waals surface area contributed by atoms with Crippen molar-refractivity contribution in [2.75, 3.05) is 11.4 Å². The molecule has 0 saturated carbocycles. The van der Waals surface area contributed by atoms with E-state index in [1.165, 1.54) is 23.1 Å². The molecule has 0 aliphatic carbocycles. The van der Waals surface area contributed by atoms with Crippen molar-refractivity contribution < 1.29 is 23.9 Å². The molecular weight excluding hydrogens is 351 g/mol. The number of carboxylic acid groups (broad SMARTS) is 1. The monoisotopic (exact) mass is 370 g/mol. The summed E-state index contributed by atoms with van der Waals surface area (Å²) >= 11 is 0. The molecule has 0 radical (unpaired) electrons. The molecule has 1 heterocycles. The molecule has 0 spiro atoms. The number of halogens is 1. The van der Waals surface area contributed by atoms with E-state index in [9.17, 15) is 23.9 Å². The van der Waals surface area contributed by atoms with E-state index in [-0.39, 0.29) is 31.0 Å². The number of aliphatic carboxylic acids is 1. The number of nitrogens with one attached hydrogen (secondary N) is 1. The fourth-order valence-corrected chi connectivity index (χ4v) is 3.13. The van der Waals surface area contributed by atoms with Gasteiger partial charge in [0.25, 0.3) is 0 Å². The lowest BCUT2D eigenvalue weighted by Gasteiger charge is -2.19. The van der Waals surface area contributed by atoms with Crippen LogP contribution in [0.2, 0.25) is 0 Å². The van der Waals surface area contributed by atoms with Crippen molar-refractivity contribution in [2.45, 2.75) is 18.9 Å². The molecule has 140 valence electrons. The number of hydrogen-bond donors (Lipinski definition) is 2. The van der Waals surface area contributed by atoms with Gasteiger partial charge in [-0.1, -0.05) is 42.5 Å². The number of carbonyl (C=O) groups is 3. The SMILES string of the molecule is O=C(N[C@H](Cc1ccccc1)C(=O)O)C1CC(=O)N(c2ccccc2F)C1. The Labute approximate surface area is 155 Å². The maximum atomic E-state index is 13.9. The smallest absolute Gasteiger partial charge is 0.326 e. The summed E-state index contributed by atoms with van der Waals surface area (Å²) in [5.74, 6) is -3.31. The van der Waals surface area contributed by atoms with Crippen molar-refractivity contribution in [3.63, 3.8) is 0 Å². The Kier molecular flexibility index (Phi) is 5.49. The average molecular weight is 370 g/mol. The van der Waals surface area contributed by atoms with Crippen molar-refractivity contribution in [1.82, 2.24) is 5.32 Å². The number of benzene rings is 2. The number of anilines is 1. The first-order valence-electron chi connectivity index (χ1n) is 8.57. The first-order valence-corrected chi connectivity index (χ1v) is 8.57. The van der Waals surface area contributed by atoms with Crippen LogP contribution in [0.15, 0.2) is 54.6 Å². The first kappa shape index (κ1) is 18.6. The molecule has 1 saturated heterocycles. The Bertz CT molecular complexity index is 856. The molecule has 3 rings (SSSR count). The van der Waals surface area contributed by atoms with Gasteiger partial charge in [-0.2, -0.15) is 0 Å². The van der Waals surface area contributed by atoms with Crippen molar-refractivity contribution in [3.05, 3.63) is 66.0 Å². The summed E-state index contributed by atoms with van der Waals surface area (Å²) in [6.45, 7) is 0.0171. The summed E-state index contributed by atoms with van der Waals surface area (Å²) in [5, 5.41) is 11.9. The van der Waals surface area contributed by atoms with E-state index in [0.29, 0.717) is 0 Å². The highest BCUT2D eigenvalue weighted by molar-refractivity contribution is 6.00. The maximum Gasteiger partial charge on any atom is 0.326 e. The highest BCUT2D eigenvalue weighted by Gasteiger charge is 2.37. The lowest BCUT2D eigenvalue weighted by Crippen LogP contribution is -2.45. The van der Waals surface area contributed by atoms with Crippen LogP contribution in [0.25, 0.3) is 0 Å². The minimum Gasteiger partial charge on any atom is -0.480 e. The molecule has 2 amide bonds. The zero-order valence-corrected chi connectivity index (χ0v) is 14.5. The fraction of sp³-hybridized carbons (Fsp3) is 0.250. The Morgan fingerprint density at radius 3 is 2.48 bits per heavy atom. The summed E-state index contributed by atoms with van der Waals surface area (Å²) in [7, 11) is 0. The molecule has 2 aromatic carbocycles. The zero-order valence-electron chi connectivity index (χ0n) is 14.5. The number of para-hydroxylation sites is 1. The minimum atomic E-state index is -1.15. The summed E-state index contributed by atoms with van der Waals surface area (Å²) < 4.78 is 13.9. The largest absolute Gasteiger partial charge is 0.480 e. The Hall–Kier alpha value is -3.22. The molecule has 27 heavy (non-hydrogen) atoms. The maximum absolute atomic E-state index is 13.9. The van der Waals surface area contributed by atoms with Gasteiger partial charge in [-0.3, -0.25) is 9.59 Å². The number of nitrogens with zero attached hydrogens (tertiary/aromatic N) is 1. The van der Waals surface area contributed by atoms with Crippen LogP contribution < -0.4 is 10.2 Å². The van der Waals surface area contributed by atoms with Crippen molar-refractivity contribution >= 4 is 23.5 Å². The molecule has 0 bridgehead atoms. The molecule has 2 aromatic rings. The molecule has 1 fully saturated rings. The molecule has 2 N–H and O–H groups in total. The second-order valence-corrected chi connectivity index (χ2v) is 6.45. The van der Waals surface area contributed by atoms with Crippen molar-refractivity contribution in [3.8, 4) is 0 Å². The van der Waals surface area contributed by atoms with E-state index >= 15 is 0 Å². The summed E-state index contributed by atoms with van der Waals surface area (Å²) in [6, 6.07) is 13.7. The van der Waals surface area contributed by atoms with E-state index in [4.69, 9.17) is 0 Å². The van der Waals surface area contributed by atoms with E-state index in [1.54, 1.807) is 30.3 Å². The van der Waals surface area contributed by atoms with E-state index in [1.807, 2.05) is 6.07 Å². The minimum absolute atomic E-state index is 0.0171. The molecule has 6 nitrogen and oxygen atoms in total. The molecular formula is C20H19FN2O4. The van der Waals surface area contributed by atoms with Gasteiger partial charge in [-0.15, -0.1) is 0 Å². The predicted octanol–water partition coefficient (Wildman–Crippen LogP) is 1.99. The fourth-order valence-electron chi connectivity index (χ4n) is 3.13. The average Bonchev–Trinajstić information content (AvgIpc) is 3.04. The molecule has 7 heteroatoms. The van der Waals surface area contributed by atoms with Crippen LogP contribution in [0.1, 0.15) is 12.0 Å². The van der Waals surface area contributed by atoms with Gasteiger partial charge < -0.3 is 15.3 Å². The third-order valence-corrected chi connectivity index (χ3v) is 4.54. The normalized spacial score (nSPS) is 17.6. The summed E-state index contributed by atoms with van der Waals surface area (Å²) in [4.78, 5) is 37.5. The standard InChI is InChI=1S/C20H19FN2O4/c21-15-8-4-5-9-17(15)23-12-14(11-18(23)24)19(25)22-16(20(26)27)10-13-6-2-1-3-7-13/h1-9,14,16H,10-12H2,(H,22,25)(H,26,27)/t14?,16-/m1/s1. The Morgan fingerprint density at radius 2 is 1.81 bits per heavy atom. The number of rotatable bonds is 6. The van der Waals surface area contributed by atoms with Crippen molar-refractivity contribution in [2.24, 2.45) is 5.92 Å². The Balaban J connectivity index is 1.67. The highest BCUT2D eigenvalue weighted by Crippen LogP contribution is 2.27. The van der Waals surface area contributed by atoms with Crippen LogP contribution in [0.5, 0.6) is 0 Å². The highest BCUT2D eigenvalue weighted by atomic mass is 19.1. The molecule has 1 aliphatic rings. The molecule has 1 unspecified atom stereocenters. The Morgan fingerprint density at radius 1 is 1.15 bits per heavy atom. The van der Waals surface area contributed by atoms with E-state index in [2.05, 4.69) is 5.32 Å². The van der Waals surface area contributed by atoms with Crippen LogP contribution in [0, 0.1) is 11.7 Å². The number of hydrogen-bond acceptors (Lipinski definition) is 3. The van der Waals surface area contributed by atoms with Crippen LogP contribution in [-0.2, 0) is 20.8 Å². The topological polar surface area (TPSA) is 86.7 Å². The van der Waals surface area contributed by atoms with Gasteiger partial charge in [0.05, 0.1) is 11.6 Å². The third kappa shape index (κ3) is 4.31. The van der Waals surface area contributed by atoms with Gasteiger partial charge >= 0.3 is 5.97 Å². The predicted molar refractivity (Wildman–Crippen MR) is 96.6 cm³/mol. The van der Waals surface area contributed by atoms with Gasteiger partial charge in [0, 0.05) is 19.4 Å². The van der Waals surface area contributed by atoms with E-state index in [0.717, 1.165) is 5.56 Å². The second kappa shape index (κ2) is 7.99. The van der Waals surface area contributed by atoms with E-state index < -0.39 is 29.7 Å². The van der Waals surface area contributed by atoms with Crippen LogP contribution in [0.3, 0.4) is 0 Å². The number of carboxylic acids is 1. The molecule has 1 aliphatic heterocycles. The van der Waals surface area contributed by atoms with Gasteiger partial charge in [0.2, 0.25) is 11.8 Å². The van der Waals surface area contributed by atoms with Gasteiger partial charge in [-0.25, -0.2) is 9.18 Å². The van der Waals surface area contributed by atoms with Crippen LogP contribution >= 0.6 is 0 Å². The molecule has 2 atom stereocenters. The molecule has 0 aromatic heterocycles. The summed E-state index contributed by atoms with van der Waals surface area (Å²) in [6.07, 6.45) is 0.0530. The second-order valence-electron chi connectivity index (χ2n) is 6.45. The number of amides is 2. The van der Waals surface area contributed by atoms with Gasteiger partial charge in [0.1, 0.15) is 11.9 Å². The number of carbonyl (C=O) groups excluding carboxylic acids is 2. The lowest BCUT2D eigenvalue weighted by atomic mass is 10.0. The van der Waals surface area contributed by atoms with Crippen LogP contribution in [-0.4, -0.2) is 35.5 Å². The van der Waals surface area contributed by atoms with Gasteiger partial charge in [-0.05, 0) is 17.7 Å². The zero-order chi connectivity index (χ0) is 19.4. The first-order chi connectivity index (χ1) is 13.0. The lowest BCUT2D eigenvalue weighted by molar-refractivity contribution is -0.142. The van der Waals surface area contributed by atoms with Crippen molar-refractivity contribution in [1.29, 1.82) is 0 Å². The third-order valence-electron chi connectivity index (χ3n) is 4.54. The van der Waals surface area contributed by atoms with Crippen LogP contribution in [0.4, 0.5) is 10.1 Å².